The molecule has 1 aromatic carbocycles. The van der Waals surface area contributed by atoms with E-state index in [2.05, 4.69) is 46.8 Å². The maximum Gasteiger partial charge on any atom is 0.195 e. The molecule has 26 heavy (non-hydrogen) atoms. The van der Waals surface area contributed by atoms with Gasteiger partial charge in [-0.3, -0.25) is 0 Å². The average molecular weight is 351 g/mol. The van der Waals surface area contributed by atoms with Crippen molar-refractivity contribution in [3.8, 4) is 16.9 Å². The van der Waals surface area contributed by atoms with Gasteiger partial charge in [-0.2, -0.15) is 0 Å². The van der Waals surface area contributed by atoms with Crippen LogP contribution < -0.4 is 4.74 Å². The predicted octanol–water partition coefficient (Wildman–Crippen LogP) is 6.60. The number of fused-ring (bicyclic) bond motifs is 1. The number of furan rings is 1. The second-order valence-electron chi connectivity index (χ2n) is 7.30. The van der Waals surface area contributed by atoms with E-state index < -0.39 is 0 Å². The van der Waals surface area contributed by atoms with Gasteiger partial charge < -0.3 is 9.15 Å². The van der Waals surface area contributed by atoms with Crippen LogP contribution in [0.15, 0.2) is 22.6 Å². The second kappa shape index (κ2) is 7.14. The van der Waals surface area contributed by atoms with Crippen LogP contribution in [0.1, 0.15) is 54.8 Å². The first-order valence-electron chi connectivity index (χ1n) is 9.51. The summed E-state index contributed by atoms with van der Waals surface area (Å²) in [6.07, 6.45) is 2.14. The summed E-state index contributed by atoms with van der Waals surface area (Å²) in [5, 5.41) is 0. The molecule has 0 N–H and O–H groups in total. The summed E-state index contributed by atoms with van der Waals surface area (Å²) in [6.45, 7) is 14.8. The number of ether oxygens (including phenoxy) is 1. The zero-order valence-electron chi connectivity index (χ0n) is 17.0. The lowest BCUT2D eigenvalue weighted by atomic mass is 9.93. The van der Waals surface area contributed by atoms with Gasteiger partial charge in [0.1, 0.15) is 11.3 Å². The van der Waals surface area contributed by atoms with Crippen LogP contribution in [0, 0.1) is 34.6 Å². The lowest BCUT2D eigenvalue weighted by Crippen LogP contribution is -2.14. The molecule has 0 aliphatic heterocycles. The maximum atomic E-state index is 6.26. The first-order chi connectivity index (χ1) is 12.3. The van der Waals surface area contributed by atoms with Crippen molar-refractivity contribution in [3.63, 3.8) is 0 Å². The molecule has 0 atom stereocenters. The third-order valence-corrected chi connectivity index (χ3v) is 5.04. The summed E-state index contributed by atoms with van der Waals surface area (Å²) in [5.74, 6) is 1.69. The number of hydrogen-bond donors (Lipinski definition) is 0. The van der Waals surface area contributed by atoms with E-state index in [4.69, 9.17) is 14.1 Å². The minimum absolute atomic E-state index is 0.191. The molecule has 0 amide bonds. The van der Waals surface area contributed by atoms with Gasteiger partial charge in [0.2, 0.25) is 0 Å². The Morgan fingerprint density at radius 1 is 0.923 bits per heavy atom. The summed E-state index contributed by atoms with van der Waals surface area (Å²) in [7, 11) is 0. The highest BCUT2D eigenvalue weighted by molar-refractivity contribution is 5.97. The highest BCUT2D eigenvalue weighted by Crippen LogP contribution is 2.41. The van der Waals surface area contributed by atoms with Crippen molar-refractivity contribution in [2.45, 2.75) is 67.4 Å². The molecule has 0 bridgehead atoms. The van der Waals surface area contributed by atoms with Crippen LogP contribution in [0.5, 0.6) is 5.75 Å². The van der Waals surface area contributed by atoms with E-state index in [9.17, 15) is 0 Å². The van der Waals surface area contributed by atoms with E-state index in [1.807, 2.05) is 19.9 Å². The van der Waals surface area contributed by atoms with Gasteiger partial charge in [-0.1, -0.05) is 31.5 Å². The van der Waals surface area contributed by atoms with Crippen LogP contribution in [0.3, 0.4) is 0 Å². The third-order valence-electron chi connectivity index (χ3n) is 5.04. The molecule has 0 fully saturated rings. The van der Waals surface area contributed by atoms with Gasteiger partial charge in [-0.25, -0.2) is 4.98 Å². The summed E-state index contributed by atoms with van der Waals surface area (Å²) in [6, 6.07) is 6.43. The zero-order chi connectivity index (χ0) is 19.0. The van der Waals surface area contributed by atoms with Crippen molar-refractivity contribution in [1.82, 2.24) is 4.98 Å². The number of hydrogen-bond acceptors (Lipinski definition) is 3. The molecule has 138 valence electrons. The van der Waals surface area contributed by atoms with Crippen molar-refractivity contribution in [3.05, 3.63) is 46.3 Å². The highest BCUT2D eigenvalue weighted by Gasteiger charge is 2.22. The first kappa shape index (κ1) is 18.5. The maximum absolute atomic E-state index is 6.26. The van der Waals surface area contributed by atoms with Gasteiger partial charge in [-0.05, 0) is 64.2 Å². The Morgan fingerprint density at radius 2 is 1.54 bits per heavy atom. The lowest BCUT2D eigenvalue weighted by molar-refractivity contribution is 0.193. The van der Waals surface area contributed by atoms with Gasteiger partial charge in [0.15, 0.2) is 11.3 Å². The minimum Gasteiger partial charge on any atom is -0.486 e. The van der Waals surface area contributed by atoms with Crippen molar-refractivity contribution in [2.75, 3.05) is 0 Å². The summed E-state index contributed by atoms with van der Waals surface area (Å²) in [5.41, 5.74) is 8.69. The van der Waals surface area contributed by atoms with E-state index in [1.54, 1.807) is 0 Å². The van der Waals surface area contributed by atoms with Crippen LogP contribution in [0.25, 0.3) is 22.2 Å². The Hall–Kier alpha value is -2.29. The average Bonchev–Trinajstić information content (AvgIpc) is 2.88. The molecule has 3 aromatic rings. The summed E-state index contributed by atoms with van der Waals surface area (Å²) in [4.78, 5) is 4.82. The molecule has 2 aromatic heterocycles. The molecule has 2 heterocycles. The number of benzene rings is 1. The Kier molecular flexibility index (Phi) is 5.08. The van der Waals surface area contributed by atoms with Gasteiger partial charge >= 0.3 is 0 Å². The fourth-order valence-electron chi connectivity index (χ4n) is 3.86. The van der Waals surface area contributed by atoms with E-state index in [1.165, 1.54) is 22.3 Å². The molecule has 0 aliphatic carbocycles. The largest absolute Gasteiger partial charge is 0.486 e. The monoisotopic (exact) mass is 351 g/mol. The number of pyridine rings is 1. The smallest absolute Gasteiger partial charge is 0.195 e. The molecular weight excluding hydrogens is 322 g/mol. The molecule has 0 radical (unpaired) electrons. The van der Waals surface area contributed by atoms with Crippen molar-refractivity contribution in [2.24, 2.45) is 0 Å². The predicted molar refractivity (Wildman–Crippen MR) is 108 cm³/mol. The molecule has 0 aliphatic rings. The molecule has 0 saturated carbocycles. The van der Waals surface area contributed by atoms with Gasteiger partial charge in [-0.15, -0.1) is 0 Å². The standard InChI is InChI=1S/C23H29NO2/c1-8-18(9-2)26-19-12-16(6)24-22-21(17(7)25-23(19)22)20-14(4)10-13(3)11-15(20)5/h10-12,18H,8-9H2,1-7H3. The molecule has 0 spiro atoms. The van der Waals surface area contributed by atoms with Crippen molar-refractivity contribution in [1.29, 1.82) is 0 Å². The van der Waals surface area contributed by atoms with E-state index >= 15 is 0 Å². The third kappa shape index (κ3) is 3.23. The van der Waals surface area contributed by atoms with E-state index in [0.29, 0.717) is 0 Å². The van der Waals surface area contributed by atoms with Crippen LogP contribution in [-0.2, 0) is 0 Å². The number of aryl methyl sites for hydroxylation is 5. The molecule has 0 saturated heterocycles. The fraction of sp³-hybridized carbons (Fsp3) is 0.435. The number of rotatable bonds is 5. The zero-order valence-corrected chi connectivity index (χ0v) is 17.0. The van der Waals surface area contributed by atoms with Gasteiger partial charge in [0.05, 0.1) is 11.7 Å². The van der Waals surface area contributed by atoms with Crippen LogP contribution in [0.4, 0.5) is 0 Å². The minimum atomic E-state index is 0.191. The van der Waals surface area contributed by atoms with Gasteiger partial charge in [0.25, 0.3) is 0 Å². The first-order valence-corrected chi connectivity index (χ1v) is 9.51. The molecule has 3 nitrogen and oxygen atoms in total. The van der Waals surface area contributed by atoms with Crippen LogP contribution in [0.2, 0.25) is 0 Å². The van der Waals surface area contributed by atoms with E-state index in [-0.39, 0.29) is 6.10 Å². The SMILES string of the molecule is CCC(CC)Oc1cc(C)nc2c(-c3c(C)cc(C)cc3C)c(C)oc12. The summed E-state index contributed by atoms with van der Waals surface area (Å²) < 4.78 is 12.4. The van der Waals surface area contributed by atoms with Crippen molar-refractivity contribution >= 4 is 11.1 Å². The Morgan fingerprint density at radius 3 is 2.12 bits per heavy atom. The second-order valence-corrected chi connectivity index (χ2v) is 7.30. The van der Waals surface area contributed by atoms with Gasteiger partial charge in [0, 0.05) is 11.8 Å². The topological polar surface area (TPSA) is 35.3 Å². The Balaban J connectivity index is 2.26. The molecule has 0 unspecified atom stereocenters. The molecule has 3 rings (SSSR count). The number of nitrogens with zero attached hydrogens (tertiary/aromatic N) is 1. The van der Waals surface area contributed by atoms with Crippen LogP contribution in [-0.4, -0.2) is 11.1 Å². The highest BCUT2D eigenvalue weighted by atomic mass is 16.5. The number of aromatic nitrogens is 1. The normalized spacial score (nSPS) is 11.5. The van der Waals surface area contributed by atoms with Crippen LogP contribution >= 0.6 is 0 Å². The van der Waals surface area contributed by atoms with E-state index in [0.717, 1.165) is 46.7 Å². The lowest BCUT2D eigenvalue weighted by Gasteiger charge is -2.16. The van der Waals surface area contributed by atoms with Crippen molar-refractivity contribution < 1.29 is 9.15 Å². The molecular formula is C23H29NO2. The quantitative estimate of drug-likeness (QED) is 0.519. The Bertz CT molecular complexity index is 925. The summed E-state index contributed by atoms with van der Waals surface area (Å²) >= 11 is 0. The Labute approximate surface area is 156 Å². The fourth-order valence-corrected chi connectivity index (χ4v) is 3.86. The molecule has 3 heteroatoms.